The van der Waals surface area contributed by atoms with Crippen LogP contribution in [0.5, 0.6) is 5.75 Å². The number of nitrogens with zero attached hydrogens (tertiary/aromatic N) is 1. The number of hydrogen-bond acceptors (Lipinski definition) is 4. The quantitative estimate of drug-likeness (QED) is 0.808. The molecule has 1 amide bonds. The van der Waals surface area contributed by atoms with Crippen LogP contribution in [0, 0.1) is 0 Å². The Balaban J connectivity index is 1.53. The van der Waals surface area contributed by atoms with Crippen LogP contribution in [0.25, 0.3) is 6.08 Å². The van der Waals surface area contributed by atoms with Crippen LogP contribution in [-0.4, -0.2) is 38.8 Å². The summed E-state index contributed by atoms with van der Waals surface area (Å²) in [5.74, 6) is 0.674. The van der Waals surface area contributed by atoms with E-state index >= 15 is 0 Å². The minimum Gasteiger partial charge on any atom is -0.494 e. The van der Waals surface area contributed by atoms with Crippen molar-refractivity contribution in [1.82, 2.24) is 0 Å². The molecule has 0 aromatic heterocycles. The van der Waals surface area contributed by atoms with Crippen molar-refractivity contribution in [2.45, 2.75) is 6.92 Å². The van der Waals surface area contributed by atoms with Crippen molar-refractivity contribution < 1.29 is 14.3 Å². The number of morpholine rings is 1. The van der Waals surface area contributed by atoms with Gasteiger partial charge in [-0.25, -0.2) is 0 Å². The van der Waals surface area contributed by atoms with E-state index in [1.165, 1.54) is 6.08 Å². The zero-order chi connectivity index (χ0) is 18.2. The van der Waals surface area contributed by atoms with E-state index in [1.54, 1.807) is 6.08 Å². The number of hydrogen-bond donors (Lipinski definition) is 1. The molecular formula is C21H24N2O3. The second-order valence-electron chi connectivity index (χ2n) is 5.97. The average Bonchev–Trinajstić information content (AvgIpc) is 2.69. The molecule has 2 aromatic carbocycles. The first-order valence-electron chi connectivity index (χ1n) is 8.89. The monoisotopic (exact) mass is 352 g/mol. The second-order valence-corrected chi connectivity index (χ2v) is 5.97. The zero-order valence-corrected chi connectivity index (χ0v) is 15.0. The van der Waals surface area contributed by atoms with Crippen LogP contribution >= 0.6 is 0 Å². The first kappa shape index (κ1) is 18.0. The van der Waals surface area contributed by atoms with Crippen molar-refractivity contribution in [2.24, 2.45) is 0 Å². The maximum absolute atomic E-state index is 12.1. The summed E-state index contributed by atoms with van der Waals surface area (Å²) in [5.41, 5.74) is 2.88. The highest BCUT2D eigenvalue weighted by atomic mass is 16.5. The van der Waals surface area contributed by atoms with Gasteiger partial charge in [0.05, 0.1) is 19.8 Å². The lowest BCUT2D eigenvalue weighted by molar-refractivity contribution is -0.111. The molecule has 1 saturated heterocycles. The van der Waals surface area contributed by atoms with Crippen molar-refractivity contribution in [3.63, 3.8) is 0 Å². The molecule has 1 heterocycles. The van der Waals surface area contributed by atoms with E-state index in [9.17, 15) is 4.79 Å². The molecule has 1 aliphatic rings. The van der Waals surface area contributed by atoms with Gasteiger partial charge in [0.1, 0.15) is 5.75 Å². The molecule has 136 valence electrons. The second kappa shape index (κ2) is 9.06. The fourth-order valence-electron chi connectivity index (χ4n) is 2.77. The Kier molecular flexibility index (Phi) is 6.28. The molecule has 5 heteroatoms. The van der Waals surface area contributed by atoms with Crippen LogP contribution in [-0.2, 0) is 9.53 Å². The summed E-state index contributed by atoms with van der Waals surface area (Å²) in [6.45, 7) is 5.91. The molecule has 2 aromatic rings. The van der Waals surface area contributed by atoms with Gasteiger partial charge in [0.25, 0.3) is 0 Å². The topological polar surface area (TPSA) is 50.8 Å². The summed E-state index contributed by atoms with van der Waals surface area (Å²) in [4.78, 5) is 14.4. The molecule has 1 N–H and O–H groups in total. The van der Waals surface area contributed by atoms with Gasteiger partial charge in [0.2, 0.25) is 5.91 Å². The molecule has 0 radical (unpaired) electrons. The number of benzene rings is 2. The lowest BCUT2D eigenvalue weighted by atomic mass is 10.2. The van der Waals surface area contributed by atoms with Crippen LogP contribution in [0.2, 0.25) is 0 Å². The van der Waals surface area contributed by atoms with Gasteiger partial charge in [-0.3, -0.25) is 4.79 Å². The predicted molar refractivity (Wildman–Crippen MR) is 105 cm³/mol. The molecule has 1 aliphatic heterocycles. The molecule has 0 unspecified atom stereocenters. The van der Waals surface area contributed by atoms with E-state index in [2.05, 4.69) is 10.2 Å². The number of rotatable bonds is 6. The van der Waals surface area contributed by atoms with Crippen molar-refractivity contribution in [3.05, 3.63) is 60.2 Å². The first-order valence-corrected chi connectivity index (χ1v) is 8.89. The molecule has 0 bridgehead atoms. The number of ether oxygens (including phenoxy) is 2. The number of carbonyl (C=O) groups excluding carboxylic acids is 1. The molecular weight excluding hydrogens is 328 g/mol. The Morgan fingerprint density at radius 2 is 1.81 bits per heavy atom. The van der Waals surface area contributed by atoms with Gasteiger partial charge in [-0.2, -0.15) is 0 Å². The van der Waals surface area contributed by atoms with E-state index in [4.69, 9.17) is 9.47 Å². The smallest absolute Gasteiger partial charge is 0.248 e. The fourth-order valence-corrected chi connectivity index (χ4v) is 2.77. The molecule has 5 nitrogen and oxygen atoms in total. The Morgan fingerprint density at radius 3 is 2.46 bits per heavy atom. The van der Waals surface area contributed by atoms with Crippen molar-refractivity contribution in [1.29, 1.82) is 0 Å². The third kappa shape index (κ3) is 5.10. The van der Waals surface area contributed by atoms with E-state index in [0.29, 0.717) is 6.61 Å². The summed E-state index contributed by atoms with van der Waals surface area (Å²) in [6, 6.07) is 15.5. The van der Waals surface area contributed by atoms with Gasteiger partial charge in [0, 0.05) is 30.5 Å². The van der Waals surface area contributed by atoms with Gasteiger partial charge in [0.15, 0.2) is 0 Å². The largest absolute Gasteiger partial charge is 0.494 e. The maximum atomic E-state index is 12.1. The lowest BCUT2D eigenvalue weighted by Crippen LogP contribution is -2.36. The summed E-state index contributed by atoms with van der Waals surface area (Å²) in [5, 5.41) is 2.88. The van der Waals surface area contributed by atoms with Gasteiger partial charge >= 0.3 is 0 Å². The highest BCUT2D eigenvalue weighted by Crippen LogP contribution is 2.19. The number of amides is 1. The van der Waals surface area contributed by atoms with E-state index in [1.807, 2.05) is 55.5 Å². The Hall–Kier alpha value is -2.79. The highest BCUT2D eigenvalue weighted by molar-refractivity contribution is 6.02. The Bertz CT molecular complexity index is 733. The minimum atomic E-state index is -0.155. The van der Waals surface area contributed by atoms with Gasteiger partial charge < -0.3 is 19.7 Å². The summed E-state index contributed by atoms with van der Waals surface area (Å²) >= 11 is 0. The molecule has 26 heavy (non-hydrogen) atoms. The minimum absolute atomic E-state index is 0.155. The Morgan fingerprint density at radius 1 is 1.12 bits per heavy atom. The fraction of sp³-hybridized carbons (Fsp3) is 0.286. The maximum Gasteiger partial charge on any atom is 0.248 e. The number of nitrogens with one attached hydrogen (secondary N) is 1. The first-order chi connectivity index (χ1) is 12.7. The Labute approximate surface area is 154 Å². The van der Waals surface area contributed by atoms with Crippen LogP contribution < -0.4 is 15.0 Å². The molecule has 0 aliphatic carbocycles. The van der Waals surface area contributed by atoms with E-state index in [0.717, 1.165) is 49.0 Å². The van der Waals surface area contributed by atoms with Gasteiger partial charge in [-0.1, -0.05) is 12.1 Å². The summed E-state index contributed by atoms with van der Waals surface area (Å²) < 4.78 is 10.8. The lowest BCUT2D eigenvalue weighted by Gasteiger charge is -2.28. The van der Waals surface area contributed by atoms with Crippen LogP contribution in [0.1, 0.15) is 12.5 Å². The normalized spacial score (nSPS) is 14.4. The summed E-state index contributed by atoms with van der Waals surface area (Å²) in [6.07, 6.45) is 3.32. The van der Waals surface area contributed by atoms with Gasteiger partial charge in [-0.15, -0.1) is 0 Å². The van der Waals surface area contributed by atoms with Crippen molar-refractivity contribution in [2.75, 3.05) is 43.1 Å². The predicted octanol–water partition coefficient (Wildman–Crippen LogP) is 3.57. The molecule has 0 saturated carbocycles. The third-order valence-corrected chi connectivity index (χ3v) is 4.13. The van der Waals surface area contributed by atoms with Gasteiger partial charge in [-0.05, 0) is 55.0 Å². The molecule has 0 spiro atoms. The molecule has 0 atom stereocenters. The average molecular weight is 352 g/mol. The number of anilines is 2. The van der Waals surface area contributed by atoms with Crippen molar-refractivity contribution >= 4 is 23.4 Å². The van der Waals surface area contributed by atoms with Crippen LogP contribution in [0.15, 0.2) is 54.6 Å². The van der Waals surface area contributed by atoms with E-state index < -0.39 is 0 Å². The van der Waals surface area contributed by atoms with Crippen LogP contribution in [0.4, 0.5) is 11.4 Å². The van der Waals surface area contributed by atoms with Crippen LogP contribution in [0.3, 0.4) is 0 Å². The molecule has 1 fully saturated rings. The SMILES string of the molecule is CCOc1ccc(/C=C/C(=O)Nc2ccc(N3CCOCC3)cc2)cc1. The zero-order valence-electron chi connectivity index (χ0n) is 15.0. The molecule has 3 rings (SSSR count). The van der Waals surface area contributed by atoms with E-state index in [-0.39, 0.29) is 5.91 Å². The third-order valence-electron chi connectivity index (χ3n) is 4.13. The highest BCUT2D eigenvalue weighted by Gasteiger charge is 2.10. The standard InChI is InChI=1S/C21H24N2O3/c1-2-26-20-10-3-17(4-11-20)5-12-21(24)22-18-6-8-19(9-7-18)23-13-15-25-16-14-23/h3-12H,2,13-16H2,1H3,(H,22,24)/b12-5+. The number of carbonyl (C=O) groups is 1. The van der Waals surface area contributed by atoms with Crippen molar-refractivity contribution in [3.8, 4) is 5.75 Å². The summed E-state index contributed by atoms with van der Waals surface area (Å²) in [7, 11) is 0.